The molecule has 0 radical (unpaired) electrons. The molecule has 1 aliphatic heterocycles. The van der Waals surface area contributed by atoms with E-state index in [-0.39, 0.29) is 5.91 Å². The lowest BCUT2D eigenvalue weighted by Crippen LogP contribution is -2.29. The number of nitrogens with zero attached hydrogens (tertiary/aromatic N) is 1. The fourth-order valence-electron chi connectivity index (χ4n) is 2.05. The van der Waals surface area contributed by atoms with Crippen LogP contribution in [0, 0.1) is 0 Å². The summed E-state index contributed by atoms with van der Waals surface area (Å²) in [6.45, 7) is 4.58. The van der Waals surface area contributed by atoms with Crippen LogP contribution in [0.15, 0.2) is 24.3 Å². The average molecular weight is 249 g/mol. The first-order valence-electron chi connectivity index (χ1n) is 6.43. The third-order valence-electron chi connectivity index (χ3n) is 2.94. The van der Waals surface area contributed by atoms with E-state index in [1.54, 1.807) is 0 Å². The number of hydrogen-bond acceptors (Lipinski definition) is 3. The van der Waals surface area contributed by atoms with Crippen molar-refractivity contribution in [1.82, 2.24) is 4.90 Å². The number of carbonyl (C=O) groups excluding carboxylic acids is 1. The lowest BCUT2D eigenvalue weighted by molar-refractivity contribution is -0.128. The molecule has 0 aromatic heterocycles. The normalized spacial score (nSPS) is 14.9. The lowest BCUT2D eigenvalue weighted by Gasteiger charge is -2.17. The van der Waals surface area contributed by atoms with Crippen molar-refractivity contribution in [2.75, 3.05) is 26.3 Å². The SMILES string of the molecule is CCOc1ccccc1OCCN1CCCC1=O. The molecule has 0 atom stereocenters. The molecule has 1 heterocycles. The molecule has 1 aliphatic rings. The zero-order chi connectivity index (χ0) is 12.8. The van der Waals surface area contributed by atoms with E-state index in [2.05, 4.69) is 0 Å². The number of carbonyl (C=O) groups is 1. The van der Waals surface area contributed by atoms with E-state index in [0.29, 0.717) is 26.2 Å². The van der Waals surface area contributed by atoms with Crippen LogP contribution in [-0.2, 0) is 4.79 Å². The highest BCUT2D eigenvalue weighted by Crippen LogP contribution is 2.26. The molecule has 0 bridgehead atoms. The minimum atomic E-state index is 0.233. The molecule has 0 spiro atoms. The van der Waals surface area contributed by atoms with Crippen LogP contribution >= 0.6 is 0 Å². The predicted molar refractivity (Wildman–Crippen MR) is 68.9 cm³/mol. The topological polar surface area (TPSA) is 38.8 Å². The minimum absolute atomic E-state index is 0.233. The molecule has 1 aromatic carbocycles. The Bertz CT molecular complexity index is 406. The molecular formula is C14H19NO3. The summed E-state index contributed by atoms with van der Waals surface area (Å²) in [5.41, 5.74) is 0. The molecule has 4 heteroatoms. The van der Waals surface area contributed by atoms with Crippen molar-refractivity contribution in [2.45, 2.75) is 19.8 Å². The smallest absolute Gasteiger partial charge is 0.222 e. The summed E-state index contributed by atoms with van der Waals surface area (Å²) >= 11 is 0. The van der Waals surface area contributed by atoms with E-state index >= 15 is 0 Å². The van der Waals surface area contributed by atoms with Crippen LogP contribution in [0.5, 0.6) is 11.5 Å². The molecule has 0 unspecified atom stereocenters. The van der Waals surface area contributed by atoms with Gasteiger partial charge in [-0.15, -0.1) is 0 Å². The van der Waals surface area contributed by atoms with Crippen molar-refractivity contribution in [3.05, 3.63) is 24.3 Å². The molecule has 98 valence electrons. The number of para-hydroxylation sites is 2. The van der Waals surface area contributed by atoms with Crippen LogP contribution in [0.25, 0.3) is 0 Å². The molecule has 2 rings (SSSR count). The molecule has 18 heavy (non-hydrogen) atoms. The van der Waals surface area contributed by atoms with E-state index in [0.717, 1.165) is 24.5 Å². The molecule has 1 saturated heterocycles. The highest BCUT2D eigenvalue weighted by Gasteiger charge is 2.19. The number of likely N-dealkylation sites (tertiary alicyclic amines) is 1. The van der Waals surface area contributed by atoms with Gasteiger partial charge in [0.25, 0.3) is 0 Å². The molecule has 4 nitrogen and oxygen atoms in total. The third kappa shape index (κ3) is 3.15. The second kappa shape index (κ2) is 6.28. The van der Waals surface area contributed by atoms with Gasteiger partial charge in [-0.3, -0.25) is 4.79 Å². The maximum atomic E-state index is 11.4. The second-order valence-corrected chi connectivity index (χ2v) is 4.21. The van der Waals surface area contributed by atoms with Gasteiger partial charge in [-0.25, -0.2) is 0 Å². The fraction of sp³-hybridized carbons (Fsp3) is 0.500. The molecule has 0 saturated carbocycles. The summed E-state index contributed by atoms with van der Waals surface area (Å²) in [4.78, 5) is 13.3. The number of benzene rings is 1. The predicted octanol–water partition coefficient (Wildman–Crippen LogP) is 2.09. The summed E-state index contributed by atoms with van der Waals surface area (Å²) in [6.07, 6.45) is 1.64. The minimum Gasteiger partial charge on any atom is -0.490 e. The maximum absolute atomic E-state index is 11.4. The van der Waals surface area contributed by atoms with E-state index in [9.17, 15) is 4.79 Å². The largest absolute Gasteiger partial charge is 0.490 e. The van der Waals surface area contributed by atoms with Gasteiger partial charge in [0, 0.05) is 13.0 Å². The van der Waals surface area contributed by atoms with E-state index in [1.165, 1.54) is 0 Å². The van der Waals surface area contributed by atoms with Crippen LogP contribution in [0.2, 0.25) is 0 Å². The van der Waals surface area contributed by atoms with Crippen LogP contribution in [0.1, 0.15) is 19.8 Å². The van der Waals surface area contributed by atoms with Crippen molar-refractivity contribution < 1.29 is 14.3 Å². The Morgan fingerprint density at radius 1 is 1.22 bits per heavy atom. The zero-order valence-electron chi connectivity index (χ0n) is 10.7. The highest BCUT2D eigenvalue weighted by atomic mass is 16.5. The summed E-state index contributed by atoms with van der Waals surface area (Å²) in [5.74, 6) is 1.73. The molecule has 1 aromatic rings. The van der Waals surface area contributed by atoms with Gasteiger partial charge in [0.15, 0.2) is 11.5 Å². The molecular weight excluding hydrogens is 230 g/mol. The van der Waals surface area contributed by atoms with Crippen molar-refractivity contribution in [1.29, 1.82) is 0 Å². The molecule has 0 N–H and O–H groups in total. The third-order valence-corrected chi connectivity index (χ3v) is 2.94. The van der Waals surface area contributed by atoms with E-state index in [1.807, 2.05) is 36.1 Å². The van der Waals surface area contributed by atoms with Crippen LogP contribution in [0.3, 0.4) is 0 Å². The van der Waals surface area contributed by atoms with Crippen molar-refractivity contribution in [3.63, 3.8) is 0 Å². The number of ether oxygens (including phenoxy) is 2. The van der Waals surface area contributed by atoms with Gasteiger partial charge in [-0.2, -0.15) is 0 Å². The van der Waals surface area contributed by atoms with Crippen molar-refractivity contribution in [3.8, 4) is 11.5 Å². The lowest BCUT2D eigenvalue weighted by atomic mass is 10.3. The summed E-state index contributed by atoms with van der Waals surface area (Å²) in [5, 5.41) is 0. The first-order valence-corrected chi connectivity index (χ1v) is 6.43. The van der Waals surface area contributed by atoms with Crippen LogP contribution in [-0.4, -0.2) is 37.1 Å². The Morgan fingerprint density at radius 2 is 1.94 bits per heavy atom. The maximum Gasteiger partial charge on any atom is 0.222 e. The van der Waals surface area contributed by atoms with Gasteiger partial charge < -0.3 is 14.4 Å². The average Bonchev–Trinajstić information content (AvgIpc) is 2.78. The number of hydrogen-bond donors (Lipinski definition) is 0. The second-order valence-electron chi connectivity index (χ2n) is 4.21. The number of amides is 1. The first-order chi connectivity index (χ1) is 8.81. The van der Waals surface area contributed by atoms with E-state index < -0.39 is 0 Å². The molecule has 1 amide bonds. The number of rotatable bonds is 6. The summed E-state index contributed by atoms with van der Waals surface area (Å²) in [7, 11) is 0. The highest BCUT2D eigenvalue weighted by molar-refractivity contribution is 5.78. The molecule has 0 aliphatic carbocycles. The van der Waals surface area contributed by atoms with Gasteiger partial charge in [-0.05, 0) is 25.5 Å². The first kappa shape index (κ1) is 12.7. The molecule has 1 fully saturated rings. The Balaban J connectivity index is 1.84. The monoisotopic (exact) mass is 249 g/mol. The van der Waals surface area contributed by atoms with Gasteiger partial charge in [0.05, 0.1) is 13.2 Å². The Hall–Kier alpha value is -1.71. The van der Waals surface area contributed by atoms with Gasteiger partial charge in [0.2, 0.25) is 5.91 Å². The Labute approximate surface area is 107 Å². The standard InChI is InChI=1S/C14H19NO3/c1-2-17-12-6-3-4-7-13(12)18-11-10-15-9-5-8-14(15)16/h3-4,6-7H,2,5,8-11H2,1H3. The van der Waals surface area contributed by atoms with Crippen molar-refractivity contribution in [2.24, 2.45) is 0 Å². The van der Waals surface area contributed by atoms with Crippen LogP contribution < -0.4 is 9.47 Å². The van der Waals surface area contributed by atoms with Gasteiger partial charge >= 0.3 is 0 Å². The van der Waals surface area contributed by atoms with Gasteiger partial charge in [0.1, 0.15) is 6.61 Å². The fourth-order valence-corrected chi connectivity index (χ4v) is 2.05. The summed E-state index contributed by atoms with van der Waals surface area (Å²) < 4.78 is 11.2. The van der Waals surface area contributed by atoms with Crippen LogP contribution in [0.4, 0.5) is 0 Å². The van der Waals surface area contributed by atoms with Crippen molar-refractivity contribution >= 4 is 5.91 Å². The summed E-state index contributed by atoms with van der Waals surface area (Å²) in [6, 6.07) is 7.61. The van der Waals surface area contributed by atoms with Gasteiger partial charge in [-0.1, -0.05) is 12.1 Å². The van der Waals surface area contributed by atoms with E-state index in [4.69, 9.17) is 9.47 Å². The Morgan fingerprint density at radius 3 is 2.56 bits per heavy atom. The zero-order valence-corrected chi connectivity index (χ0v) is 10.7. The Kier molecular flexibility index (Phi) is 4.45. The quantitative estimate of drug-likeness (QED) is 0.775.